The lowest BCUT2D eigenvalue weighted by molar-refractivity contribution is -0.118. The lowest BCUT2D eigenvalue weighted by Crippen LogP contribution is -2.20. The monoisotopic (exact) mass is 335 g/mol. The maximum absolute atomic E-state index is 13.4. The van der Waals surface area contributed by atoms with Crippen molar-refractivity contribution >= 4 is 17.6 Å². The zero-order valence-electron chi connectivity index (χ0n) is 12.8. The molecule has 0 aliphatic heterocycles. The molecule has 2 aromatic carbocycles. The number of rotatable bonds is 6. The summed E-state index contributed by atoms with van der Waals surface area (Å²) < 4.78 is 36.3. The van der Waals surface area contributed by atoms with Gasteiger partial charge in [-0.3, -0.25) is 4.79 Å². The fourth-order valence-corrected chi connectivity index (χ4v) is 1.83. The predicted molar refractivity (Wildman–Crippen MR) is 82.9 cm³/mol. The summed E-state index contributed by atoms with van der Waals surface area (Å²) in [5.74, 6) is -2.30. The van der Waals surface area contributed by atoms with Crippen LogP contribution < -0.4 is 10.1 Å². The molecule has 0 fully saturated rings. The average Bonchev–Trinajstić information content (AvgIpc) is 2.56. The molecule has 5 nitrogen and oxygen atoms in total. The number of anilines is 1. The number of carbonyl (C=O) groups excluding carboxylic acids is 2. The van der Waals surface area contributed by atoms with Gasteiger partial charge in [-0.15, -0.1) is 0 Å². The molecule has 0 spiro atoms. The van der Waals surface area contributed by atoms with Gasteiger partial charge in [0.25, 0.3) is 5.91 Å². The molecule has 0 saturated carbocycles. The molecule has 0 aromatic heterocycles. The number of hydrogen-bond donors (Lipinski definition) is 1. The van der Waals surface area contributed by atoms with E-state index in [9.17, 15) is 18.4 Å². The Balaban J connectivity index is 1.88. The van der Waals surface area contributed by atoms with E-state index >= 15 is 0 Å². The lowest BCUT2D eigenvalue weighted by atomic mass is 10.2. The predicted octanol–water partition coefficient (Wildman–Crippen LogP) is 3.16. The molecule has 0 aliphatic carbocycles. The Kier molecular flexibility index (Phi) is 5.83. The molecule has 126 valence electrons. The molecular formula is C17H15F2NO4. The fraction of sp³-hybridized carbons (Fsp3) is 0.176. The first-order chi connectivity index (χ1) is 11.5. The molecule has 1 N–H and O–H groups in total. The Labute approximate surface area is 137 Å². The van der Waals surface area contributed by atoms with Gasteiger partial charge in [-0.2, -0.15) is 0 Å². The van der Waals surface area contributed by atoms with Crippen molar-refractivity contribution in [1.82, 2.24) is 0 Å². The van der Waals surface area contributed by atoms with Crippen molar-refractivity contribution in [2.75, 3.05) is 18.5 Å². The summed E-state index contributed by atoms with van der Waals surface area (Å²) in [5, 5.41) is 2.27. The summed E-state index contributed by atoms with van der Waals surface area (Å²) in [6, 6.07) is 8.86. The zero-order valence-corrected chi connectivity index (χ0v) is 12.8. The van der Waals surface area contributed by atoms with Crippen LogP contribution in [0.2, 0.25) is 0 Å². The van der Waals surface area contributed by atoms with Gasteiger partial charge in [0, 0.05) is 6.07 Å². The molecule has 0 aliphatic rings. The van der Waals surface area contributed by atoms with Crippen LogP contribution in [0.1, 0.15) is 17.3 Å². The van der Waals surface area contributed by atoms with Crippen molar-refractivity contribution in [3.63, 3.8) is 0 Å². The van der Waals surface area contributed by atoms with Gasteiger partial charge in [0.2, 0.25) is 0 Å². The van der Waals surface area contributed by atoms with Crippen molar-refractivity contribution in [1.29, 1.82) is 0 Å². The van der Waals surface area contributed by atoms with E-state index in [1.807, 2.05) is 0 Å². The van der Waals surface area contributed by atoms with Gasteiger partial charge < -0.3 is 14.8 Å². The molecule has 7 heteroatoms. The Morgan fingerprint density at radius 1 is 1.08 bits per heavy atom. The van der Waals surface area contributed by atoms with Crippen LogP contribution in [0.15, 0.2) is 42.5 Å². The summed E-state index contributed by atoms with van der Waals surface area (Å²) >= 11 is 0. The fourth-order valence-electron chi connectivity index (χ4n) is 1.83. The third-order valence-electron chi connectivity index (χ3n) is 2.94. The Hall–Kier alpha value is -2.96. The quantitative estimate of drug-likeness (QED) is 0.824. The molecule has 0 bridgehead atoms. The van der Waals surface area contributed by atoms with Crippen LogP contribution >= 0.6 is 0 Å². The summed E-state index contributed by atoms with van der Waals surface area (Å²) in [6.07, 6.45) is 0. The number of nitrogens with one attached hydrogen (secondary N) is 1. The van der Waals surface area contributed by atoms with Crippen molar-refractivity contribution in [2.45, 2.75) is 6.92 Å². The summed E-state index contributed by atoms with van der Waals surface area (Å²) in [7, 11) is 0. The number of esters is 1. The molecule has 2 rings (SSSR count). The van der Waals surface area contributed by atoms with E-state index in [0.29, 0.717) is 17.4 Å². The van der Waals surface area contributed by atoms with E-state index in [0.717, 1.165) is 12.1 Å². The normalized spacial score (nSPS) is 10.1. The number of ether oxygens (including phenoxy) is 2. The maximum atomic E-state index is 13.4. The molecule has 0 saturated heterocycles. The smallest absolute Gasteiger partial charge is 0.338 e. The Morgan fingerprint density at radius 3 is 2.42 bits per heavy atom. The van der Waals surface area contributed by atoms with Crippen LogP contribution in [-0.2, 0) is 9.53 Å². The summed E-state index contributed by atoms with van der Waals surface area (Å²) in [6.45, 7) is 1.62. The van der Waals surface area contributed by atoms with E-state index < -0.39 is 23.5 Å². The van der Waals surface area contributed by atoms with Gasteiger partial charge in [0.05, 0.1) is 17.9 Å². The number of halogens is 2. The van der Waals surface area contributed by atoms with Gasteiger partial charge in [0.1, 0.15) is 17.4 Å². The van der Waals surface area contributed by atoms with E-state index in [1.54, 1.807) is 6.92 Å². The zero-order chi connectivity index (χ0) is 17.5. The number of amides is 1. The van der Waals surface area contributed by atoms with Crippen LogP contribution in [0, 0.1) is 11.6 Å². The third kappa shape index (κ3) is 4.77. The van der Waals surface area contributed by atoms with Gasteiger partial charge in [0.15, 0.2) is 6.61 Å². The van der Waals surface area contributed by atoms with Crippen molar-refractivity contribution in [3.05, 3.63) is 59.7 Å². The second kappa shape index (κ2) is 8.05. The number of carbonyl (C=O) groups is 2. The van der Waals surface area contributed by atoms with Gasteiger partial charge in [-0.05, 0) is 43.3 Å². The maximum Gasteiger partial charge on any atom is 0.338 e. The minimum absolute atomic E-state index is 0.136. The van der Waals surface area contributed by atoms with E-state index in [4.69, 9.17) is 9.47 Å². The van der Waals surface area contributed by atoms with Crippen molar-refractivity contribution in [2.24, 2.45) is 0 Å². The summed E-state index contributed by atoms with van der Waals surface area (Å²) in [4.78, 5) is 23.2. The SMILES string of the molecule is CCOC(=O)c1ccc(OCC(=O)Nc2ccc(F)cc2F)cc1. The highest BCUT2D eigenvalue weighted by Gasteiger charge is 2.10. The highest BCUT2D eigenvalue weighted by Crippen LogP contribution is 2.16. The van der Waals surface area contributed by atoms with E-state index in [1.165, 1.54) is 24.3 Å². The lowest BCUT2D eigenvalue weighted by Gasteiger charge is -2.09. The largest absolute Gasteiger partial charge is 0.484 e. The highest BCUT2D eigenvalue weighted by atomic mass is 19.1. The summed E-state index contributed by atoms with van der Waals surface area (Å²) in [5.41, 5.74) is 0.227. The molecule has 24 heavy (non-hydrogen) atoms. The first-order valence-electron chi connectivity index (χ1n) is 7.14. The van der Waals surface area contributed by atoms with Crippen LogP contribution in [0.25, 0.3) is 0 Å². The molecular weight excluding hydrogens is 320 g/mol. The second-order valence-electron chi connectivity index (χ2n) is 4.71. The Morgan fingerprint density at radius 2 is 1.79 bits per heavy atom. The van der Waals surface area contributed by atoms with Crippen LogP contribution in [0.3, 0.4) is 0 Å². The standard InChI is InChI=1S/C17H15F2NO4/c1-2-23-17(22)11-3-6-13(7-4-11)24-10-16(21)20-15-8-5-12(18)9-14(15)19/h3-9H,2,10H2,1H3,(H,20,21). The molecule has 1 amide bonds. The molecule has 0 atom stereocenters. The average molecular weight is 335 g/mol. The topological polar surface area (TPSA) is 64.6 Å². The van der Waals surface area contributed by atoms with Crippen LogP contribution in [0.5, 0.6) is 5.75 Å². The van der Waals surface area contributed by atoms with Crippen molar-refractivity contribution < 1.29 is 27.8 Å². The first kappa shape index (κ1) is 17.4. The van der Waals surface area contributed by atoms with E-state index in [-0.39, 0.29) is 18.9 Å². The molecule has 2 aromatic rings. The number of hydrogen-bond acceptors (Lipinski definition) is 4. The number of benzene rings is 2. The molecule has 0 radical (unpaired) electrons. The van der Waals surface area contributed by atoms with Gasteiger partial charge >= 0.3 is 5.97 Å². The minimum atomic E-state index is -0.873. The van der Waals surface area contributed by atoms with Crippen LogP contribution in [0.4, 0.5) is 14.5 Å². The van der Waals surface area contributed by atoms with E-state index in [2.05, 4.69) is 5.32 Å². The highest BCUT2D eigenvalue weighted by molar-refractivity contribution is 5.92. The second-order valence-corrected chi connectivity index (χ2v) is 4.71. The Bertz CT molecular complexity index is 732. The molecule has 0 unspecified atom stereocenters. The van der Waals surface area contributed by atoms with Crippen LogP contribution in [-0.4, -0.2) is 25.1 Å². The van der Waals surface area contributed by atoms with Gasteiger partial charge in [-0.25, -0.2) is 13.6 Å². The van der Waals surface area contributed by atoms with Gasteiger partial charge in [-0.1, -0.05) is 0 Å². The first-order valence-corrected chi connectivity index (χ1v) is 7.14. The molecule has 0 heterocycles. The van der Waals surface area contributed by atoms with Crippen molar-refractivity contribution in [3.8, 4) is 5.75 Å². The third-order valence-corrected chi connectivity index (χ3v) is 2.94. The minimum Gasteiger partial charge on any atom is -0.484 e.